The Morgan fingerprint density at radius 1 is 0.957 bits per heavy atom. The molecule has 2 nitrogen and oxygen atoms in total. The van der Waals surface area contributed by atoms with Crippen molar-refractivity contribution in [1.29, 1.82) is 0 Å². The van der Waals surface area contributed by atoms with Gasteiger partial charge in [-0.2, -0.15) is 0 Å². The summed E-state index contributed by atoms with van der Waals surface area (Å²) in [7, 11) is 0. The van der Waals surface area contributed by atoms with Gasteiger partial charge in [-0.15, -0.1) is 0 Å². The number of halogens is 1. The van der Waals surface area contributed by atoms with Crippen LogP contribution in [0.25, 0.3) is 0 Å². The van der Waals surface area contributed by atoms with Crippen LogP contribution in [0.5, 0.6) is 0 Å². The lowest BCUT2D eigenvalue weighted by Gasteiger charge is -1.97. The standard InChI is InChI=1S/C11H12O.C9H7ClO/c1-7-3-4-9-6-8(2)11(12)10(9)5-7;10-7-3-1-6-2-4-9(11)8(6)5-7/h3-5,8H,6H2,1-2H3;1,3,5H,2,4H2. The lowest BCUT2D eigenvalue weighted by Crippen LogP contribution is -2.02. The first kappa shape index (κ1) is 15.9. The number of Topliss-reactive ketones (excluding diaryl/α,β-unsaturated/α-hetero) is 2. The summed E-state index contributed by atoms with van der Waals surface area (Å²) >= 11 is 5.74. The Morgan fingerprint density at radius 3 is 2.48 bits per heavy atom. The maximum Gasteiger partial charge on any atom is 0.166 e. The van der Waals surface area contributed by atoms with Crippen LogP contribution in [-0.2, 0) is 12.8 Å². The fraction of sp³-hybridized carbons (Fsp3) is 0.300. The quantitative estimate of drug-likeness (QED) is 0.694. The summed E-state index contributed by atoms with van der Waals surface area (Å²) in [5.74, 6) is 0.734. The van der Waals surface area contributed by atoms with Gasteiger partial charge in [-0.1, -0.05) is 42.3 Å². The fourth-order valence-electron chi connectivity index (χ4n) is 3.19. The minimum absolute atomic E-state index is 0.196. The van der Waals surface area contributed by atoms with E-state index in [1.807, 2.05) is 32.0 Å². The van der Waals surface area contributed by atoms with Gasteiger partial charge in [0.1, 0.15) is 0 Å². The monoisotopic (exact) mass is 326 g/mol. The molecule has 0 N–H and O–H groups in total. The zero-order chi connectivity index (χ0) is 16.6. The first-order valence-corrected chi connectivity index (χ1v) is 8.29. The van der Waals surface area contributed by atoms with Crippen molar-refractivity contribution in [2.75, 3.05) is 0 Å². The SMILES string of the molecule is Cc1ccc2c(c1)C(=O)C(C)C2.O=C1CCc2ccc(Cl)cc21. The third-order valence-electron chi connectivity index (χ3n) is 4.50. The van der Waals surface area contributed by atoms with Crippen molar-refractivity contribution in [3.8, 4) is 0 Å². The Kier molecular flexibility index (Phi) is 4.36. The number of benzene rings is 2. The Balaban J connectivity index is 0.000000136. The van der Waals surface area contributed by atoms with Crippen LogP contribution in [0.15, 0.2) is 36.4 Å². The second-order valence-corrected chi connectivity index (χ2v) is 6.79. The molecule has 3 heteroatoms. The zero-order valence-electron chi connectivity index (χ0n) is 13.4. The van der Waals surface area contributed by atoms with Crippen molar-refractivity contribution < 1.29 is 9.59 Å². The highest BCUT2D eigenvalue weighted by molar-refractivity contribution is 6.31. The van der Waals surface area contributed by atoms with E-state index in [0.717, 1.165) is 29.5 Å². The molecule has 4 rings (SSSR count). The molecule has 1 unspecified atom stereocenters. The predicted molar refractivity (Wildman–Crippen MR) is 92.5 cm³/mol. The van der Waals surface area contributed by atoms with Crippen LogP contribution < -0.4 is 0 Å². The average Bonchev–Trinajstić information content (AvgIpc) is 3.02. The lowest BCUT2D eigenvalue weighted by molar-refractivity contribution is 0.0945. The van der Waals surface area contributed by atoms with Crippen LogP contribution in [0.3, 0.4) is 0 Å². The third kappa shape index (κ3) is 3.23. The molecule has 2 aliphatic carbocycles. The molecule has 0 saturated carbocycles. The molecule has 2 aromatic rings. The van der Waals surface area contributed by atoms with Crippen molar-refractivity contribution in [2.45, 2.75) is 33.1 Å². The van der Waals surface area contributed by atoms with Gasteiger partial charge in [-0.3, -0.25) is 9.59 Å². The Bertz CT molecular complexity index is 792. The van der Waals surface area contributed by atoms with Crippen LogP contribution >= 0.6 is 11.6 Å². The van der Waals surface area contributed by atoms with E-state index in [4.69, 9.17) is 11.6 Å². The fourth-order valence-corrected chi connectivity index (χ4v) is 3.37. The van der Waals surface area contributed by atoms with Crippen molar-refractivity contribution in [3.05, 3.63) is 69.2 Å². The molecule has 2 aromatic carbocycles. The predicted octanol–water partition coefficient (Wildman–Crippen LogP) is 4.84. The highest BCUT2D eigenvalue weighted by Crippen LogP contribution is 2.27. The van der Waals surface area contributed by atoms with E-state index in [0.29, 0.717) is 17.2 Å². The van der Waals surface area contributed by atoms with E-state index in [2.05, 4.69) is 12.1 Å². The van der Waals surface area contributed by atoms with Crippen LogP contribution in [0.1, 0.15) is 50.8 Å². The van der Waals surface area contributed by atoms with Crippen molar-refractivity contribution >= 4 is 23.2 Å². The zero-order valence-corrected chi connectivity index (χ0v) is 14.1. The van der Waals surface area contributed by atoms with Crippen LogP contribution in [-0.4, -0.2) is 11.6 Å². The summed E-state index contributed by atoms with van der Waals surface area (Å²) in [6.45, 7) is 4.02. The van der Waals surface area contributed by atoms with Gasteiger partial charge >= 0.3 is 0 Å². The minimum atomic E-state index is 0.196. The largest absolute Gasteiger partial charge is 0.294 e. The molecule has 23 heavy (non-hydrogen) atoms. The van der Waals surface area contributed by atoms with Crippen molar-refractivity contribution in [1.82, 2.24) is 0 Å². The first-order valence-electron chi connectivity index (χ1n) is 7.91. The topological polar surface area (TPSA) is 34.1 Å². The molecule has 0 spiro atoms. The van der Waals surface area contributed by atoms with E-state index in [-0.39, 0.29) is 11.7 Å². The second-order valence-electron chi connectivity index (χ2n) is 6.35. The molecule has 118 valence electrons. The molecule has 0 aliphatic heterocycles. The molecular weight excluding hydrogens is 308 g/mol. The third-order valence-corrected chi connectivity index (χ3v) is 4.73. The maximum atomic E-state index is 11.5. The highest BCUT2D eigenvalue weighted by Gasteiger charge is 2.26. The molecule has 0 heterocycles. The van der Waals surface area contributed by atoms with Crippen molar-refractivity contribution in [3.63, 3.8) is 0 Å². The Labute approximate surface area is 141 Å². The smallest absolute Gasteiger partial charge is 0.166 e. The molecule has 0 radical (unpaired) electrons. The van der Waals surface area contributed by atoms with Gasteiger partial charge in [0.15, 0.2) is 11.6 Å². The van der Waals surface area contributed by atoms with Gasteiger partial charge in [0.2, 0.25) is 0 Å². The first-order chi connectivity index (χ1) is 11.0. The Hall–Kier alpha value is -1.93. The van der Waals surface area contributed by atoms with Gasteiger partial charge in [-0.05, 0) is 49.1 Å². The number of hydrogen-bond acceptors (Lipinski definition) is 2. The molecule has 2 aliphatic rings. The number of rotatable bonds is 0. The van der Waals surface area contributed by atoms with Crippen LogP contribution in [0, 0.1) is 12.8 Å². The molecular formula is C20H19ClO2. The summed E-state index contributed by atoms with van der Waals surface area (Å²) in [5.41, 5.74) is 5.30. The number of ketones is 2. The molecule has 0 amide bonds. The number of aryl methyl sites for hydroxylation is 2. The van der Waals surface area contributed by atoms with Gasteiger partial charge in [0.25, 0.3) is 0 Å². The summed E-state index contributed by atoms with van der Waals surface area (Å²) in [5, 5.41) is 0.652. The van der Waals surface area contributed by atoms with E-state index in [9.17, 15) is 9.59 Å². The molecule has 1 atom stereocenters. The Morgan fingerprint density at radius 2 is 1.70 bits per heavy atom. The summed E-state index contributed by atoms with van der Waals surface area (Å²) in [6.07, 6.45) is 2.45. The van der Waals surface area contributed by atoms with Crippen molar-refractivity contribution in [2.24, 2.45) is 5.92 Å². The van der Waals surface area contributed by atoms with E-state index < -0.39 is 0 Å². The second kappa shape index (κ2) is 6.29. The van der Waals surface area contributed by atoms with E-state index >= 15 is 0 Å². The van der Waals surface area contributed by atoms with Gasteiger partial charge in [0, 0.05) is 28.5 Å². The molecule has 0 aromatic heterocycles. The van der Waals surface area contributed by atoms with Crippen LogP contribution in [0.4, 0.5) is 0 Å². The summed E-state index contributed by atoms with van der Waals surface area (Å²) in [4.78, 5) is 22.7. The normalized spacial score (nSPS) is 18.3. The highest BCUT2D eigenvalue weighted by atomic mass is 35.5. The van der Waals surface area contributed by atoms with E-state index in [1.54, 1.807) is 6.07 Å². The number of carbonyl (C=O) groups is 2. The molecule has 0 saturated heterocycles. The summed E-state index contributed by atoms with van der Waals surface area (Å²) < 4.78 is 0. The van der Waals surface area contributed by atoms with Crippen LogP contribution in [0.2, 0.25) is 5.02 Å². The minimum Gasteiger partial charge on any atom is -0.294 e. The maximum absolute atomic E-state index is 11.5. The number of hydrogen-bond donors (Lipinski definition) is 0. The average molecular weight is 327 g/mol. The molecule has 0 fully saturated rings. The van der Waals surface area contributed by atoms with E-state index in [1.165, 1.54) is 11.1 Å². The summed E-state index contributed by atoms with van der Waals surface area (Å²) in [6, 6.07) is 11.7. The number of carbonyl (C=O) groups excluding carboxylic acids is 2. The molecule has 0 bridgehead atoms. The van der Waals surface area contributed by atoms with Gasteiger partial charge in [-0.25, -0.2) is 0 Å². The van der Waals surface area contributed by atoms with Gasteiger partial charge < -0.3 is 0 Å². The number of fused-ring (bicyclic) bond motifs is 2. The lowest BCUT2D eigenvalue weighted by atomic mass is 10.1. The van der Waals surface area contributed by atoms with Gasteiger partial charge in [0.05, 0.1) is 0 Å².